The van der Waals surface area contributed by atoms with E-state index in [1.165, 1.54) is 0 Å². The van der Waals surface area contributed by atoms with Gasteiger partial charge in [0.05, 0.1) is 12.0 Å². The summed E-state index contributed by atoms with van der Waals surface area (Å²) >= 11 is 0. The molecule has 0 spiro atoms. The largest absolute Gasteiger partial charge is 0.396 e. The van der Waals surface area contributed by atoms with Crippen molar-refractivity contribution in [1.82, 2.24) is 9.47 Å². The number of nitrogens with one attached hydrogen (secondary N) is 1. The quantitative estimate of drug-likeness (QED) is 0.846. The van der Waals surface area contributed by atoms with E-state index in [-0.39, 0.29) is 36.1 Å². The summed E-state index contributed by atoms with van der Waals surface area (Å²) in [5.41, 5.74) is 1.57. The molecule has 2 bridgehead atoms. The van der Waals surface area contributed by atoms with Crippen molar-refractivity contribution in [1.29, 1.82) is 0 Å². The van der Waals surface area contributed by atoms with Gasteiger partial charge in [-0.05, 0) is 31.2 Å². The van der Waals surface area contributed by atoms with Crippen LogP contribution in [0.25, 0.3) is 0 Å². The molecule has 4 atom stereocenters. The van der Waals surface area contributed by atoms with E-state index in [9.17, 15) is 14.7 Å². The average Bonchev–Trinajstić information content (AvgIpc) is 2.88. The van der Waals surface area contributed by atoms with Crippen LogP contribution in [0, 0.1) is 11.8 Å². The highest BCUT2D eigenvalue weighted by Crippen LogP contribution is 2.48. The van der Waals surface area contributed by atoms with Crippen molar-refractivity contribution in [3.05, 3.63) is 64.6 Å². The van der Waals surface area contributed by atoms with E-state index in [1.54, 1.807) is 16.7 Å². The van der Waals surface area contributed by atoms with E-state index >= 15 is 0 Å². The van der Waals surface area contributed by atoms with Crippen LogP contribution in [0.2, 0.25) is 0 Å². The Hall–Kier alpha value is -2.44. The van der Waals surface area contributed by atoms with Gasteiger partial charge in [-0.25, -0.2) is 0 Å². The Kier molecular flexibility index (Phi) is 4.85. The van der Waals surface area contributed by atoms with Gasteiger partial charge in [0.25, 0.3) is 5.56 Å². The molecule has 0 unspecified atom stereocenters. The fourth-order valence-corrected chi connectivity index (χ4v) is 4.79. The molecular formula is C21H25N3O3. The van der Waals surface area contributed by atoms with Crippen LogP contribution in [-0.4, -0.2) is 39.7 Å². The van der Waals surface area contributed by atoms with Crippen molar-refractivity contribution < 1.29 is 9.90 Å². The maximum Gasteiger partial charge on any atom is 0.250 e. The van der Waals surface area contributed by atoms with Crippen LogP contribution >= 0.6 is 0 Å². The predicted octanol–water partition coefficient (Wildman–Crippen LogP) is 1.86. The van der Waals surface area contributed by atoms with Crippen LogP contribution in [0.15, 0.2) is 53.3 Å². The molecule has 1 aromatic carbocycles. The van der Waals surface area contributed by atoms with Crippen molar-refractivity contribution in [2.75, 3.05) is 18.5 Å². The number of benzene rings is 1. The Balaban J connectivity index is 1.75. The molecule has 142 valence electrons. The number of aliphatic hydroxyl groups is 1. The summed E-state index contributed by atoms with van der Waals surface area (Å²) in [4.78, 5) is 27.9. The SMILES string of the molecule is CCCN1[C@@H]2Cn3c(cccc3=O)[C@H]1[C@@H](C(=O)Nc1ccccc1)[C@@H]2CO. The van der Waals surface area contributed by atoms with Crippen molar-refractivity contribution in [3.8, 4) is 0 Å². The Bertz CT molecular complexity index is 880. The van der Waals surface area contributed by atoms with E-state index in [2.05, 4.69) is 17.1 Å². The molecule has 1 amide bonds. The topological polar surface area (TPSA) is 74.6 Å². The molecule has 6 nitrogen and oxygen atoms in total. The maximum absolute atomic E-state index is 13.2. The van der Waals surface area contributed by atoms with E-state index < -0.39 is 5.92 Å². The summed E-state index contributed by atoms with van der Waals surface area (Å²) in [5.74, 6) is -0.703. The lowest BCUT2D eigenvalue weighted by Crippen LogP contribution is -2.46. The Morgan fingerprint density at radius 2 is 1.96 bits per heavy atom. The molecule has 4 rings (SSSR count). The number of rotatable bonds is 5. The molecule has 6 heteroatoms. The number of fused-ring (bicyclic) bond motifs is 4. The zero-order valence-corrected chi connectivity index (χ0v) is 15.4. The fourth-order valence-electron chi connectivity index (χ4n) is 4.79. The molecule has 0 radical (unpaired) electrons. The number of pyridine rings is 1. The number of carbonyl (C=O) groups excluding carboxylic acids is 1. The minimum absolute atomic E-state index is 0.0147. The number of anilines is 1. The molecule has 2 aliphatic rings. The highest BCUT2D eigenvalue weighted by atomic mass is 16.3. The van der Waals surface area contributed by atoms with Crippen molar-refractivity contribution in [3.63, 3.8) is 0 Å². The number of hydrogen-bond acceptors (Lipinski definition) is 4. The smallest absolute Gasteiger partial charge is 0.250 e. The monoisotopic (exact) mass is 367 g/mol. The molecule has 1 fully saturated rings. The van der Waals surface area contributed by atoms with Crippen LogP contribution in [0.3, 0.4) is 0 Å². The molecule has 0 aliphatic carbocycles. The Morgan fingerprint density at radius 1 is 1.19 bits per heavy atom. The lowest BCUT2D eigenvalue weighted by molar-refractivity contribution is -0.122. The first-order valence-electron chi connectivity index (χ1n) is 9.58. The number of para-hydroxylation sites is 1. The zero-order chi connectivity index (χ0) is 19.0. The van der Waals surface area contributed by atoms with Crippen molar-refractivity contribution in [2.45, 2.75) is 32.0 Å². The third-order valence-electron chi connectivity index (χ3n) is 5.87. The molecule has 2 N–H and O–H groups in total. The van der Waals surface area contributed by atoms with Gasteiger partial charge in [0.15, 0.2) is 0 Å². The van der Waals surface area contributed by atoms with Crippen molar-refractivity contribution in [2.24, 2.45) is 11.8 Å². The minimum atomic E-state index is -0.401. The molecule has 0 saturated carbocycles. The summed E-state index contributed by atoms with van der Waals surface area (Å²) in [6, 6.07) is 14.4. The third-order valence-corrected chi connectivity index (χ3v) is 5.87. The van der Waals surface area contributed by atoms with Gasteiger partial charge in [-0.2, -0.15) is 0 Å². The molecule has 27 heavy (non-hydrogen) atoms. The summed E-state index contributed by atoms with van der Waals surface area (Å²) in [5, 5.41) is 13.1. The lowest BCUT2D eigenvalue weighted by atomic mass is 9.86. The number of hydrogen-bond donors (Lipinski definition) is 2. The van der Waals surface area contributed by atoms with E-state index in [0.717, 1.165) is 24.3 Å². The molecule has 3 heterocycles. The molecule has 2 aromatic rings. The van der Waals surface area contributed by atoms with Gasteiger partial charge in [-0.1, -0.05) is 31.2 Å². The first-order chi connectivity index (χ1) is 13.2. The van der Waals surface area contributed by atoms with E-state index in [1.807, 2.05) is 36.4 Å². The molecule has 2 aliphatic heterocycles. The van der Waals surface area contributed by atoms with Crippen LogP contribution in [-0.2, 0) is 11.3 Å². The number of aromatic nitrogens is 1. The van der Waals surface area contributed by atoms with Crippen LogP contribution in [0.1, 0.15) is 25.1 Å². The first-order valence-corrected chi connectivity index (χ1v) is 9.58. The number of nitrogens with zero attached hydrogens (tertiary/aromatic N) is 2. The van der Waals surface area contributed by atoms with Crippen LogP contribution in [0.4, 0.5) is 5.69 Å². The zero-order valence-electron chi connectivity index (χ0n) is 15.4. The highest BCUT2D eigenvalue weighted by Gasteiger charge is 2.55. The summed E-state index contributed by atoms with van der Waals surface area (Å²) in [6.07, 6.45) is 0.954. The second kappa shape index (κ2) is 7.29. The van der Waals surface area contributed by atoms with Gasteiger partial charge in [0.2, 0.25) is 5.91 Å². The molecular weight excluding hydrogens is 342 g/mol. The lowest BCUT2D eigenvalue weighted by Gasteiger charge is -2.37. The summed E-state index contributed by atoms with van der Waals surface area (Å²) in [6.45, 7) is 3.39. The van der Waals surface area contributed by atoms with Crippen LogP contribution in [0.5, 0.6) is 0 Å². The van der Waals surface area contributed by atoms with Gasteiger partial charge in [0, 0.05) is 42.6 Å². The Morgan fingerprint density at radius 3 is 2.67 bits per heavy atom. The van der Waals surface area contributed by atoms with Gasteiger partial charge >= 0.3 is 0 Å². The molecule has 1 saturated heterocycles. The van der Waals surface area contributed by atoms with Crippen LogP contribution < -0.4 is 10.9 Å². The number of aliphatic hydroxyl groups excluding tert-OH is 1. The van der Waals surface area contributed by atoms with Crippen molar-refractivity contribution >= 4 is 11.6 Å². The normalized spacial score (nSPS) is 26.6. The van der Waals surface area contributed by atoms with Gasteiger partial charge in [-0.15, -0.1) is 0 Å². The summed E-state index contributed by atoms with van der Waals surface area (Å²) < 4.78 is 1.78. The predicted molar refractivity (Wildman–Crippen MR) is 103 cm³/mol. The average molecular weight is 367 g/mol. The van der Waals surface area contributed by atoms with Gasteiger partial charge in [0.1, 0.15) is 0 Å². The number of amides is 1. The second-order valence-corrected chi connectivity index (χ2v) is 7.38. The van der Waals surface area contributed by atoms with Gasteiger partial charge < -0.3 is 15.0 Å². The van der Waals surface area contributed by atoms with Gasteiger partial charge in [-0.3, -0.25) is 14.5 Å². The first kappa shape index (κ1) is 17.9. The van der Waals surface area contributed by atoms with E-state index in [4.69, 9.17) is 0 Å². The summed E-state index contributed by atoms with van der Waals surface area (Å²) in [7, 11) is 0. The standard InChI is InChI=1S/C21H25N3O3/c1-2-11-23-17-12-24-16(9-6-10-18(24)26)20(23)19(15(17)13-25)21(27)22-14-7-4-3-5-8-14/h3-10,15,17,19-20,25H,2,11-13H2,1H3,(H,22,27)/t15-,17-,19+,20+/m1/s1. The highest BCUT2D eigenvalue weighted by molar-refractivity contribution is 5.93. The number of carbonyl (C=O) groups is 1. The van der Waals surface area contributed by atoms with E-state index in [0.29, 0.717) is 6.54 Å². The second-order valence-electron chi connectivity index (χ2n) is 7.38. The fraction of sp³-hybridized carbons (Fsp3) is 0.429. The maximum atomic E-state index is 13.2. The minimum Gasteiger partial charge on any atom is -0.396 e. The third kappa shape index (κ3) is 2.99. The molecule has 1 aromatic heterocycles. The Labute approximate surface area is 158 Å².